The third kappa shape index (κ3) is 3.39. The quantitative estimate of drug-likeness (QED) is 0.729. The van der Waals surface area contributed by atoms with E-state index in [1.54, 1.807) is 31.2 Å². The van der Waals surface area contributed by atoms with Crippen molar-refractivity contribution in [1.29, 1.82) is 0 Å². The fraction of sp³-hybridized carbons (Fsp3) is 0.400. The standard InChI is InChI=1S/C10H16N2O3S/c1-2-16(13,14)10(12)7-15-9-5-3-8(11)4-6-9/h3-6,10H,2,7,11-12H2,1H3. The van der Waals surface area contributed by atoms with Crippen LogP contribution in [0.25, 0.3) is 0 Å². The van der Waals surface area contributed by atoms with Crippen LogP contribution in [0.2, 0.25) is 0 Å². The summed E-state index contributed by atoms with van der Waals surface area (Å²) in [5, 5.41) is -0.991. The average molecular weight is 244 g/mol. The summed E-state index contributed by atoms with van der Waals surface area (Å²) in [5.41, 5.74) is 11.6. The molecule has 4 N–H and O–H groups in total. The summed E-state index contributed by atoms with van der Waals surface area (Å²) in [6, 6.07) is 6.69. The Hall–Kier alpha value is -1.27. The lowest BCUT2D eigenvalue weighted by molar-refractivity contribution is 0.314. The van der Waals surface area contributed by atoms with E-state index in [1.165, 1.54) is 0 Å². The van der Waals surface area contributed by atoms with E-state index >= 15 is 0 Å². The smallest absolute Gasteiger partial charge is 0.169 e. The lowest BCUT2D eigenvalue weighted by Crippen LogP contribution is -2.37. The van der Waals surface area contributed by atoms with Crippen LogP contribution in [0.1, 0.15) is 6.92 Å². The van der Waals surface area contributed by atoms with Crippen LogP contribution in [0, 0.1) is 0 Å². The number of hydrogen-bond acceptors (Lipinski definition) is 5. The van der Waals surface area contributed by atoms with Gasteiger partial charge in [-0.25, -0.2) is 8.42 Å². The van der Waals surface area contributed by atoms with E-state index in [4.69, 9.17) is 16.2 Å². The number of ether oxygens (including phenoxy) is 1. The highest BCUT2D eigenvalue weighted by atomic mass is 32.2. The van der Waals surface area contributed by atoms with E-state index in [1.807, 2.05) is 0 Å². The van der Waals surface area contributed by atoms with Gasteiger partial charge in [-0.1, -0.05) is 6.92 Å². The van der Waals surface area contributed by atoms with Crippen molar-refractivity contribution >= 4 is 15.5 Å². The van der Waals surface area contributed by atoms with Crippen molar-refractivity contribution in [1.82, 2.24) is 0 Å². The largest absolute Gasteiger partial charge is 0.491 e. The lowest BCUT2D eigenvalue weighted by atomic mass is 10.3. The number of nitrogens with two attached hydrogens (primary N) is 2. The molecule has 0 aliphatic heterocycles. The molecule has 1 rings (SSSR count). The molecule has 0 aliphatic rings. The Morgan fingerprint density at radius 1 is 1.31 bits per heavy atom. The Morgan fingerprint density at radius 2 is 1.88 bits per heavy atom. The SMILES string of the molecule is CCS(=O)(=O)C(N)COc1ccc(N)cc1. The minimum Gasteiger partial charge on any atom is -0.491 e. The first-order valence-corrected chi connectivity index (χ1v) is 6.62. The highest BCUT2D eigenvalue weighted by Gasteiger charge is 2.19. The van der Waals surface area contributed by atoms with Crippen molar-refractivity contribution < 1.29 is 13.2 Å². The normalized spacial score (nSPS) is 13.4. The maximum atomic E-state index is 11.3. The average Bonchev–Trinajstić information content (AvgIpc) is 2.28. The molecule has 1 unspecified atom stereocenters. The van der Waals surface area contributed by atoms with Gasteiger partial charge in [-0.3, -0.25) is 0 Å². The molecule has 0 bridgehead atoms. The van der Waals surface area contributed by atoms with E-state index in [9.17, 15) is 8.42 Å². The molecule has 0 amide bonds. The van der Waals surface area contributed by atoms with E-state index in [0.717, 1.165) is 0 Å². The third-order valence-corrected chi connectivity index (χ3v) is 4.02. The Morgan fingerprint density at radius 3 is 2.38 bits per heavy atom. The first-order valence-electron chi connectivity index (χ1n) is 4.91. The number of nitrogen functional groups attached to an aromatic ring is 1. The Labute approximate surface area is 95.3 Å². The second kappa shape index (κ2) is 5.18. The zero-order chi connectivity index (χ0) is 12.2. The topological polar surface area (TPSA) is 95.4 Å². The number of benzene rings is 1. The molecule has 0 saturated heterocycles. The maximum Gasteiger partial charge on any atom is 0.169 e. The van der Waals surface area contributed by atoms with Gasteiger partial charge in [0.25, 0.3) is 0 Å². The highest BCUT2D eigenvalue weighted by Crippen LogP contribution is 2.13. The summed E-state index contributed by atoms with van der Waals surface area (Å²) in [4.78, 5) is 0. The number of rotatable bonds is 5. The summed E-state index contributed by atoms with van der Waals surface area (Å²) in [6.45, 7) is 1.50. The van der Waals surface area contributed by atoms with Crippen LogP contribution in [0.15, 0.2) is 24.3 Å². The van der Waals surface area contributed by atoms with E-state index in [2.05, 4.69) is 0 Å². The van der Waals surface area contributed by atoms with Crippen LogP contribution >= 0.6 is 0 Å². The van der Waals surface area contributed by atoms with Crippen LogP contribution in [0.4, 0.5) is 5.69 Å². The molecule has 16 heavy (non-hydrogen) atoms. The van der Waals surface area contributed by atoms with Gasteiger partial charge in [-0.2, -0.15) is 0 Å². The molecule has 0 fully saturated rings. The molecule has 0 saturated carbocycles. The Balaban J connectivity index is 2.55. The van der Waals surface area contributed by atoms with Gasteiger partial charge in [0.05, 0.1) is 0 Å². The van der Waals surface area contributed by atoms with Crippen LogP contribution in [-0.4, -0.2) is 26.2 Å². The minimum atomic E-state index is -3.25. The number of sulfone groups is 1. The fourth-order valence-corrected chi connectivity index (χ4v) is 1.76. The highest BCUT2D eigenvalue weighted by molar-refractivity contribution is 7.91. The maximum absolute atomic E-state index is 11.3. The van der Waals surface area contributed by atoms with E-state index in [-0.39, 0.29) is 12.4 Å². The molecule has 6 heteroatoms. The summed E-state index contributed by atoms with van der Waals surface area (Å²) < 4.78 is 28.0. The zero-order valence-corrected chi connectivity index (χ0v) is 9.91. The number of anilines is 1. The van der Waals surface area contributed by atoms with Crippen molar-refractivity contribution in [3.05, 3.63) is 24.3 Å². The molecule has 0 spiro atoms. The zero-order valence-electron chi connectivity index (χ0n) is 9.09. The third-order valence-electron chi connectivity index (χ3n) is 2.16. The van der Waals surface area contributed by atoms with E-state index in [0.29, 0.717) is 11.4 Å². The fourth-order valence-electron chi connectivity index (χ4n) is 1.06. The molecule has 0 radical (unpaired) electrons. The van der Waals surface area contributed by atoms with Gasteiger partial charge < -0.3 is 16.2 Å². The second-order valence-corrected chi connectivity index (χ2v) is 5.88. The van der Waals surface area contributed by atoms with Crippen LogP contribution in [0.3, 0.4) is 0 Å². The van der Waals surface area contributed by atoms with Gasteiger partial charge in [-0.15, -0.1) is 0 Å². The second-order valence-electron chi connectivity index (χ2n) is 3.37. The van der Waals surface area contributed by atoms with Crippen LogP contribution in [-0.2, 0) is 9.84 Å². The van der Waals surface area contributed by atoms with Crippen LogP contribution < -0.4 is 16.2 Å². The van der Waals surface area contributed by atoms with Gasteiger partial charge in [0.15, 0.2) is 9.84 Å². The Kier molecular flexibility index (Phi) is 4.14. The molecule has 0 heterocycles. The molecular formula is C10H16N2O3S. The molecule has 0 aliphatic carbocycles. The molecule has 1 aromatic carbocycles. The van der Waals surface area contributed by atoms with Crippen molar-refractivity contribution in [2.45, 2.75) is 12.3 Å². The predicted molar refractivity (Wildman–Crippen MR) is 63.8 cm³/mol. The number of hydrogen-bond donors (Lipinski definition) is 2. The summed E-state index contributed by atoms with van der Waals surface area (Å²) >= 11 is 0. The summed E-state index contributed by atoms with van der Waals surface area (Å²) in [5.74, 6) is 0.565. The van der Waals surface area contributed by atoms with Crippen molar-refractivity contribution in [3.8, 4) is 5.75 Å². The monoisotopic (exact) mass is 244 g/mol. The molecule has 0 aromatic heterocycles. The van der Waals surface area contributed by atoms with Crippen molar-refractivity contribution in [2.75, 3.05) is 18.1 Å². The lowest BCUT2D eigenvalue weighted by Gasteiger charge is -2.12. The van der Waals surface area contributed by atoms with Gasteiger partial charge in [0, 0.05) is 11.4 Å². The van der Waals surface area contributed by atoms with E-state index < -0.39 is 15.2 Å². The molecule has 5 nitrogen and oxygen atoms in total. The molecule has 1 atom stereocenters. The molecule has 1 aromatic rings. The molecular weight excluding hydrogens is 228 g/mol. The summed E-state index contributed by atoms with van der Waals surface area (Å²) in [6.07, 6.45) is 0. The predicted octanol–water partition coefficient (Wildman–Crippen LogP) is 0.367. The van der Waals surface area contributed by atoms with Crippen LogP contribution in [0.5, 0.6) is 5.75 Å². The van der Waals surface area contributed by atoms with Gasteiger partial charge >= 0.3 is 0 Å². The first-order chi connectivity index (χ1) is 7.45. The van der Waals surface area contributed by atoms with Gasteiger partial charge in [0.1, 0.15) is 17.7 Å². The summed E-state index contributed by atoms with van der Waals surface area (Å²) in [7, 11) is -3.25. The Bertz CT molecular complexity index is 428. The van der Waals surface area contributed by atoms with Crippen molar-refractivity contribution in [2.24, 2.45) is 5.73 Å². The van der Waals surface area contributed by atoms with Gasteiger partial charge in [0.2, 0.25) is 0 Å². The molecule has 90 valence electrons. The minimum absolute atomic E-state index is 0.0132. The van der Waals surface area contributed by atoms with Gasteiger partial charge in [-0.05, 0) is 24.3 Å². The van der Waals surface area contributed by atoms with Crippen molar-refractivity contribution in [3.63, 3.8) is 0 Å². The first kappa shape index (κ1) is 12.8.